The molecule has 1 fully saturated rings. The van der Waals surface area contributed by atoms with Gasteiger partial charge in [-0.15, -0.1) is 11.3 Å². The molecule has 2 heterocycles. The van der Waals surface area contributed by atoms with Crippen LogP contribution in [0.3, 0.4) is 0 Å². The fraction of sp³-hybridized carbons (Fsp3) is 0.455. The molecular formula is C11H11Br2NO3S. The number of carboxylic acids is 1. The highest BCUT2D eigenvalue weighted by atomic mass is 79.9. The molecule has 0 bridgehead atoms. The molecule has 1 saturated heterocycles. The van der Waals surface area contributed by atoms with Crippen molar-refractivity contribution in [1.29, 1.82) is 0 Å². The van der Waals surface area contributed by atoms with E-state index in [0.29, 0.717) is 17.8 Å². The van der Waals surface area contributed by atoms with Gasteiger partial charge in [-0.2, -0.15) is 0 Å². The molecule has 0 saturated carbocycles. The maximum absolute atomic E-state index is 12.3. The highest BCUT2D eigenvalue weighted by molar-refractivity contribution is 9.13. The van der Waals surface area contributed by atoms with Crippen LogP contribution in [0.5, 0.6) is 0 Å². The van der Waals surface area contributed by atoms with Gasteiger partial charge in [-0.05, 0) is 57.2 Å². The van der Waals surface area contributed by atoms with Crippen LogP contribution in [-0.4, -0.2) is 34.5 Å². The van der Waals surface area contributed by atoms with E-state index in [9.17, 15) is 9.59 Å². The summed E-state index contributed by atoms with van der Waals surface area (Å²) in [5.74, 6) is -1.11. The number of aliphatic carboxylic acids is 1. The summed E-state index contributed by atoms with van der Waals surface area (Å²) in [5.41, 5.74) is 0. The number of amides is 1. The zero-order valence-electron chi connectivity index (χ0n) is 9.36. The van der Waals surface area contributed by atoms with Crippen LogP contribution < -0.4 is 0 Å². The van der Waals surface area contributed by atoms with Crippen LogP contribution in [0.25, 0.3) is 0 Å². The molecule has 1 amide bonds. The van der Waals surface area contributed by atoms with Crippen LogP contribution in [-0.2, 0) is 4.79 Å². The normalized spacial score (nSPS) is 19.9. The number of halogens is 2. The van der Waals surface area contributed by atoms with Crippen molar-refractivity contribution < 1.29 is 14.7 Å². The minimum Gasteiger partial charge on any atom is -0.480 e. The third kappa shape index (κ3) is 2.78. The number of piperidine rings is 1. The first kappa shape index (κ1) is 14.0. The van der Waals surface area contributed by atoms with E-state index in [4.69, 9.17) is 5.11 Å². The number of carboxylic acid groups (broad SMARTS) is 1. The van der Waals surface area contributed by atoms with E-state index in [1.54, 1.807) is 6.07 Å². The standard InChI is InChI=1S/C11H11Br2NO3S/c12-6-5-8(18-9(6)13)10(15)14-4-2-1-3-7(14)11(16)17/h5,7H,1-4H2,(H,16,17)/t7-/m0/s1. The Morgan fingerprint density at radius 3 is 2.67 bits per heavy atom. The molecule has 0 aromatic carbocycles. The Morgan fingerprint density at radius 2 is 2.11 bits per heavy atom. The summed E-state index contributed by atoms with van der Waals surface area (Å²) < 4.78 is 1.66. The lowest BCUT2D eigenvalue weighted by molar-refractivity contribution is -0.143. The van der Waals surface area contributed by atoms with Crippen LogP contribution in [0.2, 0.25) is 0 Å². The summed E-state index contributed by atoms with van der Waals surface area (Å²) in [6.07, 6.45) is 2.26. The number of likely N-dealkylation sites (tertiary alicyclic amines) is 1. The average Bonchev–Trinajstić information content (AvgIpc) is 2.68. The summed E-state index contributed by atoms with van der Waals surface area (Å²) in [6.45, 7) is 0.517. The topological polar surface area (TPSA) is 57.6 Å². The molecule has 1 aliphatic heterocycles. The number of carbonyl (C=O) groups is 2. The van der Waals surface area contributed by atoms with Gasteiger partial charge in [-0.1, -0.05) is 0 Å². The van der Waals surface area contributed by atoms with Gasteiger partial charge in [-0.25, -0.2) is 4.79 Å². The summed E-state index contributed by atoms with van der Waals surface area (Å²) in [4.78, 5) is 25.5. The van der Waals surface area contributed by atoms with Gasteiger partial charge in [0.25, 0.3) is 5.91 Å². The maximum Gasteiger partial charge on any atom is 0.326 e. The van der Waals surface area contributed by atoms with E-state index in [1.165, 1.54) is 16.2 Å². The van der Waals surface area contributed by atoms with Crippen LogP contribution >= 0.6 is 43.2 Å². The van der Waals surface area contributed by atoms with Crippen molar-refractivity contribution in [2.45, 2.75) is 25.3 Å². The molecule has 0 spiro atoms. The van der Waals surface area contributed by atoms with Crippen molar-refractivity contribution in [2.24, 2.45) is 0 Å². The Labute approximate surface area is 125 Å². The van der Waals surface area contributed by atoms with Crippen LogP contribution in [0.4, 0.5) is 0 Å². The van der Waals surface area contributed by atoms with Gasteiger partial charge in [-0.3, -0.25) is 4.79 Å². The Hall–Kier alpha value is -0.400. The fourth-order valence-electron chi connectivity index (χ4n) is 2.02. The predicted octanol–water partition coefficient (Wildman–Crippen LogP) is 3.35. The molecule has 1 N–H and O–H groups in total. The van der Waals surface area contributed by atoms with Gasteiger partial charge in [0.2, 0.25) is 0 Å². The quantitative estimate of drug-likeness (QED) is 0.833. The lowest BCUT2D eigenvalue weighted by atomic mass is 10.0. The Bertz CT molecular complexity index is 469. The maximum atomic E-state index is 12.3. The SMILES string of the molecule is O=C(O)[C@@H]1CCCCN1C(=O)c1cc(Br)c(Br)s1. The van der Waals surface area contributed by atoms with Gasteiger partial charge < -0.3 is 10.0 Å². The monoisotopic (exact) mass is 395 g/mol. The summed E-state index contributed by atoms with van der Waals surface area (Å²) in [7, 11) is 0. The van der Waals surface area contributed by atoms with Gasteiger partial charge in [0.05, 0.1) is 8.66 Å². The Balaban J connectivity index is 2.23. The van der Waals surface area contributed by atoms with E-state index < -0.39 is 12.0 Å². The minimum atomic E-state index is -0.919. The van der Waals surface area contributed by atoms with E-state index in [-0.39, 0.29) is 5.91 Å². The van der Waals surface area contributed by atoms with Gasteiger partial charge in [0, 0.05) is 11.0 Å². The molecule has 98 valence electrons. The highest BCUT2D eigenvalue weighted by Crippen LogP contribution is 2.34. The predicted molar refractivity (Wildman–Crippen MR) is 76.0 cm³/mol. The summed E-state index contributed by atoms with van der Waals surface area (Å²) in [5, 5.41) is 9.16. The lowest BCUT2D eigenvalue weighted by Gasteiger charge is -2.32. The average molecular weight is 397 g/mol. The molecule has 2 rings (SSSR count). The van der Waals surface area contributed by atoms with Gasteiger partial charge >= 0.3 is 5.97 Å². The molecule has 0 unspecified atom stereocenters. The first-order valence-corrected chi connectivity index (χ1v) is 7.89. The van der Waals surface area contributed by atoms with Crippen molar-refractivity contribution in [3.05, 3.63) is 19.2 Å². The Morgan fingerprint density at radius 1 is 1.39 bits per heavy atom. The number of hydrogen-bond donors (Lipinski definition) is 1. The highest BCUT2D eigenvalue weighted by Gasteiger charge is 2.33. The second kappa shape index (κ2) is 5.71. The zero-order valence-corrected chi connectivity index (χ0v) is 13.3. The molecule has 4 nitrogen and oxygen atoms in total. The zero-order chi connectivity index (χ0) is 13.3. The number of nitrogens with zero attached hydrogens (tertiary/aromatic N) is 1. The van der Waals surface area contributed by atoms with Crippen molar-refractivity contribution in [3.63, 3.8) is 0 Å². The number of rotatable bonds is 2. The third-order valence-electron chi connectivity index (χ3n) is 2.90. The van der Waals surface area contributed by atoms with Crippen molar-refractivity contribution >= 4 is 55.1 Å². The second-order valence-electron chi connectivity index (χ2n) is 4.08. The van der Waals surface area contributed by atoms with Gasteiger partial charge in [0.15, 0.2) is 0 Å². The van der Waals surface area contributed by atoms with E-state index in [2.05, 4.69) is 31.9 Å². The van der Waals surface area contributed by atoms with Gasteiger partial charge in [0.1, 0.15) is 6.04 Å². The lowest BCUT2D eigenvalue weighted by Crippen LogP contribution is -2.47. The molecule has 0 aliphatic carbocycles. The molecule has 1 aliphatic rings. The summed E-state index contributed by atoms with van der Waals surface area (Å²) in [6, 6.07) is 1.04. The van der Waals surface area contributed by atoms with Crippen LogP contribution in [0.1, 0.15) is 28.9 Å². The largest absolute Gasteiger partial charge is 0.480 e. The minimum absolute atomic E-state index is 0.196. The number of hydrogen-bond acceptors (Lipinski definition) is 3. The molecule has 1 aromatic rings. The summed E-state index contributed by atoms with van der Waals surface area (Å²) >= 11 is 7.98. The smallest absolute Gasteiger partial charge is 0.326 e. The third-order valence-corrected chi connectivity index (χ3v) is 6.15. The molecular weight excluding hydrogens is 386 g/mol. The first-order chi connectivity index (χ1) is 8.50. The van der Waals surface area contributed by atoms with Crippen molar-refractivity contribution in [1.82, 2.24) is 4.90 Å². The number of carbonyl (C=O) groups excluding carboxylic acids is 1. The molecule has 0 radical (unpaired) electrons. The molecule has 18 heavy (non-hydrogen) atoms. The molecule has 1 aromatic heterocycles. The first-order valence-electron chi connectivity index (χ1n) is 5.49. The van der Waals surface area contributed by atoms with Crippen molar-refractivity contribution in [2.75, 3.05) is 6.54 Å². The Kier molecular flexibility index (Phi) is 4.45. The van der Waals surface area contributed by atoms with Crippen molar-refractivity contribution in [3.8, 4) is 0 Å². The van der Waals surface area contributed by atoms with E-state index in [0.717, 1.165) is 21.1 Å². The number of thiophene rings is 1. The van der Waals surface area contributed by atoms with E-state index in [1.807, 2.05) is 0 Å². The van der Waals surface area contributed by atoms with E-state index >= 15 is 0 Å². The fourth-order valence-corrected chi connectivity index (χ4v) is 4.02. The van der Waals surface area contributed by atoms with Crippen LogP contribution in [0.15, 0.2) is 14.3 Å². The second-order valence-corrected chi connectivity index (χ2v) is 7.31. The van der Waals surface area contributed by atoms with Crippen LogP contribution in [0, 0.1) is 0 Å². The molecule has 7 heteroatoms. The molecule has 1 atom stereocenters.